The summed E-state index contributed by atoms with van der Waals surface area (Å²) in [4.78, 5) is 4.40. The molecule has 1 heterocycles. The van der Waals surface area contributed by atoms with E-state index in [1.54, 1.807) is 0 Å². The normalized spacial score (nSPS) is 19.2. The summed E-state index contributed by atoms with van der Waals surface area (Å²) < 4.78 is 0. The Balaban J connectivity index is 1.76. The van der Waals surface area contributed by atoms with Gasteiger partial charge in [-0.25, -0.2) is 0 Å². The lowest BCUT2D eigenvalue weighted by Gasteiger charge is -2.19. The molecule has 2 heteroatoms. The Morgan fingerprint density at radius 2 is 2.11 bits per heavy atom. The first kappa shape index (κ1) is 11.4. The third kappa shape index (κ3) is 2.44. The number of allylic oxidation sites excluding steroid dienone is 1. The molecule has 2 nitrogen and oxygen atoms in total. The molecule has 2 aromatic rings. The second kappa shape index (κ2) is 5.32. The number of aromatic nitrogens is 1. The van der Waals surface area contributed by atoms with Gasteiger partial charge in [-0.05, 0) is 37.0 Å². The average molecular weight is 238 g/mol. The number of nitrogens with zero attached hydrogens (tertiary/aromatic N) is 1. The predicted octanol–water partition coefficient (Wildman–Crippen LogP) is 3.43. The van der Waals surface area contributed by atoms with Gasteiger partial charge in [0.1, 0.15) is 0 Å². The largest absolute Gasteiger partial charge is 0.310 e. The Morgan fingerprint density at radius 3 is 3.00 bits per heavy atom. The van der Waals surface area contributed by atoms with E-state index in [1.807, 2.05) is 12.3 Å². The summed E-state index contributed by atoms with van der Waals surface area (Å²) >= 11 is 0. The Kier molecular flexibility index (Phi) is 3.37. The average Bonchev–Trinajstić information content (AvgIpc) is 2.46. The third-order valence-corrected chi connectivity index (χ3v) is 3.59. The number of fused-ring (bicyclic) bond motifs is 1. The zero-order chi connectivity index (χ0) is 12.2. The van der Waals surface area contributed by atoms with Crippen LogP contribution in [0.1, 0.15) is 24.8 Å². The van der Waals surface area contributed by atoms with Gasteiger partial charge in [-0.2, -0.15) is 0 Å². The summed E-state index contributed by atoms with van der Waals surface area (Å²) in [7, 11) is 0. The summed E-state index contributed by atoms with van der Waals surface area (Å²) in [5, 5.41) is 4.91. The summed E-state index contributed by atoms with van der Waals surface area (Å²) in [5.74, 6) is 0. The molecular formula is C16H18N2. The fourth-order valence-corrected chi connectivity index (χ4v) is 2.54. The summed E-state index contributed by atoms with van der Waals surface area (Å²) in [6.45, 7) is 0.932. The quantitative estimate of drug-likeness (QED) is 0.829. The standard InChI is InChI=1S/C16H18N2/c1-2-6-14(7-3-1)18-12-13-10-11-17-16-9-5-4-8-15(13)16/h1-2,4-5,8-11,14,18H,3,6-7,12H2. The lowest BCUT2D eigenvalue weighted by atomic mass is 10.0. The van der Waals surface area contributed by atoms with E-state index < -0.39 is 0 Å². The van der Waals surface area contributed by atoms with Crippen LogP contribution >= 0.6 is 0 Å². The molecule has 0 saturated carbocycles. The minimum atomic E-state index is 0.627. The van der Waals surface area contributed by atoms with Crippen molar-refractivity contribution in [2.75, 3.05) is 0 Å². The van der Waals surface area contributed by atoms with Gasteiger partial charge < -0.3 is 5.32 Å². The molecule has 1 unspecified atom stereocenters. The van der Waals surface area contributed by atoms with Crippen molar-refractivity contribution in [2.45, 2.75) is 31.8 Å². The van der Waals surface area contributed by atoms with Crippen LogP contribution in [0.25, 0.3) is 10.9 Å². The van der Waals surface area contributed by atoms with E-state index in [4.69, 9.17) is 0 Å². The molecule has 18 heavy (non-hydrogen) atoms. The molecule has 3 rings (SSSR count). The fourth-order valence-electron chi connectivity index (χ4n) is 2.54. The number of nitrogens with one attached hydrogen (secondary N) is 1. The second-order valence-corrected chi connectivity index (χ2v) is 4.85. The van der Waals surface area contributed by atoms with Gasteiger partial charge in [0, 0.05) is 24.2 Å². The van der Waals surface area contributed by atoms with Crippen LogP contribution in [0, 0.1) is 0 Å². The van der Waals surface area contributed by atoms with Crippen molar-refractivity contribution in [2.24, 2.45) is 0 Å². The monoisotopic (exact) mass is 238 g/mol. The summed E-state index contributed by atoms with van der Waals surface area (Å²) in [5.41, 5.74) is 2.43. The van der Waals surface area contributed by atoms with Crippen LogP contribution in [0.5, 0.6) is 0 Å². The molecule has 1 aliphatic rings. The van der Waals surface area contributed by atoms with Gasteiger partial charge in [0.25, 0.3) is 0 Å². The van der Waals surface area contributed by atoms with Crippen LogP contribution < -0.4 is 5.32 Å². The van der Waals surface area contributed by atoms with Crippen LogP contribution in [0.2, 0.25) is 0 Å². The number of rotatable bonds is 3. The van der Waals surface area contributed by atoms with Crippen molar-refractivity contribution in [3.05, 3.63) is 54.2 Å². The van der Waals surface area contributed by atoms with E-state index in [0.717, 1.165) is 18.5 Å². The molecule has 1 aliphatic carbocycles. The van der Waals surface area contributed by atoms with Crippen molar-refractivity contribution in [1.82, 2.24) is 10.3 Å². The van der Waals surface area contributed by atoms with Crippen molar-refractivity contribution in [3.8, 4) is 0 Å². The molecular weight excluding hydrogens is 220 g/mol. The van der Waals surface area contributed by atoms with Gasteiger partial charge in [-0.1, -0.05) is 30.4 Å². The first-order valence-electron chi connectivity index (χ1n) is 6.64. The molecule has 0 saturated heterocycles. The SMILES string of the molecule is C1=CCC(NCc2ccnc3ccccc23)CC1. The molecule has 0 spiro atoms. The number of pyridine rings is 1. The van der Waals surface area contributed by atoms with Crippen LogP contribution in [0.3, 0.4) is 0 Å². The van der Waals surface area contributed by atoms with Crippen LogP contribution in [0.15, 0.2) is 48.7 Å². The third-order valence-electron chi connectivity index (χ3n) is 3.59. The van der Waals surface area contributed by atoms with E-state index in [0.29, 0.717) is 6.04 Å². The van der Waals surface area contributed by atoms with Crippen LogP contribution in [-0.4, -0.2) is 11.0 Å². The van der Waals surface area contributed by atoms with E-state index in [2.05, 4.69) is 46.7 Å². The smallest absolute Gasteiger partial charge is 0.0705 e. The minimum Gasteiger partial charge on any atom is -0.310 e. The van der Waals surface area contributed by atoms with Gasteiger partial charge in [0.15, 0.2) is 0 Å². The van der Waals surface area contributed by atoms with Crippen LogP contribution in [0.4, 0.5) is 0 Å². The first-order chi connectivity index (χ1) is 8.93. The highest BCUT2D eigenvalue weighted by atomic mass is 14.9. The lowest BCUT2D eigenvalue weighted by Crippen LogP contribution is -2.29. The topological polar surface area (TPSA) is 24.9 Å². The number of para-hydroxylation sites is 1. The zero-order valence-corrected chi connectivity index (χ0v) is 10.5. The summed E-state index contributed by atoms with van der Waals surface area (Å²) in [6.07, 6.45) is 10.1. The van der Waals surface area contributed by atoms with E-state index in [1.165, 1.54) is 23.8 Å². The first-order valence-corrected chi connectivity index (χ1v) is 6.64. The maximum Gasteiger partial charge on any atom is 0.0705 e. The van der Waals surface area contributed by atoms with Crippen molar-refractivity contribution in [1.29, 1.82) is 0 Å². The highest BCUT2D eigenvalue weighted by molar-refractivity contribution is 5.81. The highest BCUT2D eigenvalue weighted by Gasteiger charge is 2.09. The lowest BCUT2D eigenvalue weighted by molar-refractivity contribution is 0.475. The Bertz CT molecular complexity index is 555. The molecule has 0 radical (unpaired) electrons. The Hall–Kier alpha value is -1.67. The maximum atomic E-state index is 4.40. The van der Waals surface area contributed by atoms with Crippen molar-refractivity contribution in [3.63, 3.8) is 0 Å². The van der Waals surface area contributed by atoms with E-state index >= 15 is 0 Å². The van der Waals surface area contributed by atoms with E-state index in [9.17, 15) is 0 Å². The van der Waals surface area contributed by atoms with Crippen molar-refractivity contribution < 1.29 is 0 Å². The molecule has 1 N–H and O–H groups in total. The molecule has 0 aliphatic heterocycles. The van der Waals surface area contributed by atoms with Gasteiger partial charge in [-0.3, -0.25) is 4.98 Å². The highest BCUT2D eigenvalue weighted by Crippen LogP contribution is 2.17. The number of benzene rings is 1. The number of hydrogen-bond acceptors (Lipinski definition) is 2. The summed E-state index contributed by atoms with van der Waals surface area (Å²) in [6, 6.07) is 11.1. The molecule has 1 aromatic carbocycles. The van der Waals surface area contributed by atoms with Gasteiger partial charge in [-0.15, -0.1) is 0 Å². The predicted molar refractivity (Wildman–Crippen MR) is 75.4 cm³/mol. The van der Waals surface area contributed by atoms with Crippen LogP contribution in [-0.2, 0) is 6.54 Å². The Labute approximate surface area is 108 Å². The zero-order valence-electron chi connectivity index (χ0n) is 10.5. The Morgan fingerprint density at radius 1 is 1.17 bits per heavy atom. The molecule has 0 amide bonds. The van der Waals surface area contributed by atoms with E-state index in [-0.39, 0.29) is 0 Å². The maximum absolute atomic E-state index is 4.40. The minimum absolute atomic E-state index is 0.627. The molecule has 0 bridgehead atoms. The molecule has 92 valence electrons. The van der Waals surface area contributed by atoms with Gasteiger partial charge in [0.2, 0.25) is 0 Å². The second-order valence-electron chi connectivity index (χ2n) is 4.85. The van der Waals surface area contributed by atoms with Gasteiger partial charge >= 0.3 is 0 Å². The molecule has 1 aromatic heterocycles. The molecule has 0 fully saturated rings. The number of hydrogen-bond donors (Lipinski definition) is 1. The molecule has 1 atom stereocenters. The van der Waals surface area contributed by atoms with Crippen molar-refractivity contribution >= 4 is 10.9 Å². The van der Waals surface area contributed by atoms with Gasteiger partial charge in [0.05, 0.1) is 5.52 Å². The fraction of sp³-hybridized carbons (Fsp3) is 0.312.